The molecule has 0 aromatic heterocycles. The standard InChI is InChI=1S/C18H19ClN2/c1-3-21(4-2)13-15-10-9-14(11-16(15)12-20)17-7-5-6-8-18(17)19/h5-11H,3-4,13H2,1-2H3. The lowest BCUT2D eigenvalue weighted by Gasteiger charge is -2.19. The third-order valence-corrected chi connectivity index (χ3v) is 4.03. The van der Waals surface area contributed by atoms with Gasteiger partial charge in [0.05, 0.1) is 11.6 Å². The molecule has 0 aliphatic heterocycles. The number of rotatable bonds is 5. The Bertz CT molecular complexity index is 655. The first-order valence-electron chi connectivity index (χ1n) is 7.19. The largest absolute Gasteiger partial charge is 0.300 e. The van der Waals surface area contributed by atoms with E-state index in [9.17, 15) is 5.26 Å². The topological polar surface area (TPSA) is 27.0 Å². The van der Waals surface area contributed by atoms with Crippen LogP contribution in [-0.4, -0.2) is 18.0 Å². The number of nitriles is 1. The molecule has 0 unspecified atom stereocenters. The number of benzene rings is 2. The molecule has 2 aromatic carbocycles. The molecule has 0 aliphatic carbocycles. The fourth-order valence-corrected chi connectivity index (χ4v) is 2.61. The van der Waals surface area contributed by atoms with Crippen LogP contribution in [0.5, 0.6) is 0 Å². The van der Waals surface area contributed by atoms with Crippen LogP contribution >= 0.6 is 11.6 Å². The summed E-state index contributed by atoms with van der Waals surface area (Å²) in [5.74, 6) is 0. The van der Waals surface area contributed by atoms with Crippen LogP contribution in [0.15, 0.2) is 42.5 Å². The van der Waals surface area contributed by atoms with Gasteiger partial charge >= 0.3 is 0 Å². The van der Waals surface area contributed by atoms with E-state index in [2.05, 4.69) is 24.8 Å². The lowest BCUT2D eigenvalue weighted by Crippen LogP contribution is -2.22. The van der Waals surface area contributed by atoms with E-state index in [4.69, 9.17) is 11.6 Å². The minimum Gasteiger partial charge on any atom is -0.300 e. The molecule has 0 atom stereocenters. The van der Waals surface area contributed by atoms with Crippen molar-refractivity contribution in [3.8, 4) is 17.2 Å². The van der Waals surface area contributed by atoms with E-state index in [1.807, 2.05) is 42.5 Å². The van der Waals surface area contributed by atoms with Crippen LogP contribution in [0.2, 0.25) is 5.02 Å². The second kappa shape index (κ2) is 7.26. The Morgan fingerprint density at radius 2 is 1.81 bits per heavy atom. The molecule has 0 radical (unpaired) electrons. The van der Waals surface area contributed by atoms with E-state index < -0.39 is 0 Å². The summed E-state index contributed by atoms with van der Waals surface area (Å²) in [7, 11) is 0. The fourth-order valence-electron chi connectivity index (χ4n) is 2.37. The summed E-state index contributed by atoms with van der Waals surface area (Å²) in [4.78, 5) is 2.30. The number of hydrogen-bond acceptors (Lipinski definition) is 2. The van der Waals surface area contributed by atoms with E-state index in [1.165, 1.54) is 0 Å². The van der Waals surface area contributed by atoms with Gasteiger partial charge in [-0.1, -0.05) is 55.8 Å². The quantitative estimate of drug-likeness (QED) is 0.798. The maximum Gasteiger partial charge on any atom is 0.0995 e. The molecular weight excluding hydrogens is 280 g/mol. The zero-order chi connectivity index (χ0) is 15.2. The molecule has 0 heterocycles. The van der Waals surface area contributed by atoms with Crippen LogP contribution in [0.1, 0.15) is 25.0 Å². The predicted molar refractivity (Wildman–Crippen MR) is 88.2 cm³/mol. The molecule has 0 fully saturated rings. The minimum absolute atomic E-state index is 0.706. The van der Waals surface area contributed by atoms with E-state index in [0.29, 0.717) is 5.02 Å². The van der Waals surface area contributed by atoms with Crippen molar-refractivity contribution in [1.82, 2.24) is 4.90 Å². The Kier molecular flexibility index (Phi) is 5.38. The van der Waals surface area contributed by atoms with E-state index >= 15 is 0 Å². The van der Waals surface area contributed by atoms with Gasteiger partial charge in [-0.2, -0.15) is 5.26 Å². The van der Waals surface area contributed by atoms with Crippen molar-refractivity contribution in [3.63, 3.8) is 0 Å². The molecule has 3 heteroatoms. The molecule has 0 N–H and O–H groups in total. The summed E-state index contributed by atoms with van der Waals surface area (Å²) in [6.07, 6.45) is 0. The molecule has 2 nitrogen and oxygen atoms in total. The molecule has 0 bridgehead atoms. The monoisotopic (exact) mass is 298 g/mol. The van der Waals surface area contributed by atoms with E-state index in [0.717, 1.165) is 41.9 Å². The molecule has 21 heavy (non-hydrogen) atoms. The Hall–Kier alpha value is -1.82. The van der Waals surface area contributed by atoms with Gasteiger partial charge in [0.25, 0.3) is 0 Å². The van der Waals surface area contributed by atoms with E-state index in [-0.39, 0.29) is 0 Å². The highest BCUT2D eigenvalue weighted by molar-refractivity contribution is 6.33. The van der Waals surface area contributed by atoms with Crippen molar-refractivity contribution in [2.45, 2.75) is 20.4 Å². The first-order valence-corrected chi connectivity index (χ1v) is 7.57. The smallest absolute Gasteiger partial charge is 0.0995 e. The van der Waals surface area contributed by atoms with Crippen LogP contribution < -0.4 is 0 Å². The van der Waals surface area contributed by atoms with E-state index in [1.54, 1.807) is 0 Å². The average molecular weight is 299 g/mol. The summed E-state index contributed by atoms with van der Waals surface area (Å²) in [5.41, 5.74) is 3.74. The SMILES string of the molecule is CCN(CC)Cc1ccc(-c2ccccc2Cl)cc1C#N. The van der Waals surface area contributed by atoms with Gasteiger partial charge in [-0.3, -0.25) is 4.90 Å². The first-order chi connectivity index (χ1) is 10.2. The second-order valence-electron chi connectivity index (χ2n) is 4.92. The molecule has 0 saturated carbocycles. The summed E-state index contributed by atoms with van der Waals surface area (Å²) in [6.45, 7) is 7.03. The lowest BCUT2D eigenvalue weighted by molar-refractivity contribution is 0.295. The van der Waals surface area contributed by atoms with Crippen molar-refractivity contribution >= 4 is 11.6 Å². The van der Waals surface area contributed by atoms with Crippen LogP contribution in [0, 0.1) is 11.3 Å². The zero-order valence-corrected chi connectivity index (χ0v) is 13.2. The molecule has 2 aromatic rings. The van der Waals surface area contributed by atoms with Gasteiger partial charge in [-0.15, -0.1) is 0 Å². The highest BCUT2D eigenvalue weighted by Gasteiger charge is 2.09. The summed E-state index contributed by atoms with van der Waals surface area (Å²) < 4.78 is 0. The molecule has 0 saturated heterocycles. The molecule has 108 valence electrons. The van der Waals surface area contributed by atoms with Gasteiger partial charge < -0.3 is 0 Å². The summed E-state index contributed by atoms with van der Waals surface area (Å²) in [5, 5.41) is 10.1. The third kappa shape index (κ3) is 3.64. The third-order valence-electron chi connectivity index (χ3n) is 3.70. The molecule has 2 rings (SSSR count). The maximum atomic E-state index is 9.42. The van der Waals surface area contributed by atoms with Gasteiger partial charge in [-0.25, -0.2) is 0 Å². The Labute approximate surface area is 131 Å². The zero-order valence-electron chi connectivity index (χ0n) is 12.4. The molecular formula is C18H19ClN2. The van der Waals surface area contributed by atoms with Gasteiger partial charge in [0.1, 0.15) is 0 Å². The number of hydrogen-bond donors (Lipinski definition) is 0. The Balaban J connectivity index is 2.37. The predicted octanol–water partition coefficient (Wildman–Crippen LogP) is 4.72. The normalized spacial score (nSPS) is 10.6. The number of halogens is 1. The molecule has 0 aliphatic rings. The van der Waals surface area contributed by atoms with Gasteiger partial charge in [0, 0.05) is 17.1 Å². The summed E-state index contributed by atoms with van der Waals surface area (Å²) >= 11 is 6.23. The lowest BCUT2D eigenvalue weighted by atomic mass is 9.99. The Morgan fingerprint density at radius 1 is 1.10 bits per heavy atom. The first kappa shape index (κ1) is 15.6. The summed E-state index contributed by atoms with van der Waals surface area (Å²) in [6, 6.07) is 16.0. The van der Waals surface area contributed by atoms with Crippen molar-refractivity contribution in [2.75, 3.05) is 13.1 Å². The van der Waals surface area contributed by atoms with Crippen LogP contribution in [-0.2, 0) is 6.54 Å². The average Bonchev–Trinajstić information content (AvgIpc) is 2.53. The highest BCUT2D eigenvalue weighted by atomic mass is 35.5. The molecule has 0 spiro atoms. The van der Waals surface area contributed by atoms with Crippen LogP contribution in [0.3, 0.4) is 0 Å². The van der Waals surface area contributed by atoms with Gasteiger partial charge in [0.2, 0.25) is 0 Å². The van der Waals surface area contributed by atoms with Crippen LogP contribution in [0.25, 0.3) is 11.1 Å². The second-order valence-corrected chi connectivity index (χ2v) is 5.33. The van der Waals surface area contributed by atoms with Gasteiger partial charge in [0.15, 0.2) is 0 Å². The Morgan fingerprint density at radius 3 is 2.43 bits per heavy atom. The van der Waals surface area contributed by atoms with Gasteiger partial charge in [-0.05, 0) is 36.3 Å². The maximum absolute atomic E-state index is 9.42. The fraction of sp³-hybridized carbons (Fsp3) is 0.278. The number of nitrogens with zero attached hydrogens (tertiary/aromatic N) is 2. The van der Waals surface area contributed by atoms with Crippen molar-refractivity contribution in [2.24, 2.45) is 0 Å². The highest BCUT2D eigenvalue weighted by Crippen LogP contribution is 2.29. The van der Waals surface area contributed by atoms with Crippen molar-refractivity contribution in [1.29, 1.82) is 5.26 Å². The van der Waals surface area contributed by atoms with Crippen molar-refractivity contribution in [3.05, 3.63) is 58.6 Å². The van der Waals surface area contributed by atoms with Crippen molar-refractivity contribution < 1.29 is 0 Å². The van der Waals surface area contributed by atoms with Crippen LogP contribution in [0.4, 0.5) is 0 Å². The molecule has 0 amide bonds. The minimum atomic E-state index is 0.706.